The highest BCUT2D eigenvalue weighted by Gasteiger charge is 2.31. The summed E-state index contributed by atoms with van der Waals surface area (Å²) in [4.78, 5) is 16.8. The molecule has 40 heavy (non-hydrogen) atoms. The number of ether oxygens (including phenoxy) is 2. The second kappa shape index (κ2) is 12.0. The molecule has 3 N–H and O–H groups in total. The van der Waals surface area contributed by atoms with Crippen molar-refractivity contribution in [1.29, 1.82) is 0 Å². The molecule has 0 spiro atoms. The zero-order valence-corrected chi connectivity index (χ0v) is 22.5. The highest BCUT2D eigenvalue weighted by molar-refractivity contribution is 5.74. The molecule has 4 aromatic rings. The van der Waals surface area contributed by atoms with Gasteiger partial charge in [0.05, 0.1) is 31.4 Å². The number of nitrogens with one attached hydrogen (secondary N) is 1. The van der Waals surface area contributed by atoms with Gasteiger partial charge in [-0.3, -0.25) is 4.79 Å². The molecule has 5 rings (SSSR count). The number of aryl methyl sites for hydroxylation is 1. The van der Waals surface area contributed by atoms with Crippen LogP contribution in [-0.4, -0.2) is 34.9 Å². The smallest absolute Gasteiger partial charge is 0.310 e. The van der Waals surface area contributed by atoms with E-state index in [1.807, 2.05) is 61.5 Å². The first-order chi connectivity index (χ1) is 19.4. The molecule has 1 aliphatic rings. The quantitative estimate of drug-likeness (QED) is 0.230. The third-order valence-electron chi connectivity index (χ3n) is 7.12. The monoisotopic (exact) mass is 540 g/mol. The van der Waals surface area contributed by atoms with E-state index in [0.29, 0.717) is 48.8 Å². The van der Waals surface area contributed by atoms with Crippen molar-refractivity contribution in [2.75, 3.05) is 13.7 Å². The summed E-state index contributed by atoms with van der Waals surface area (Å²) in [6, 6.07) is 22.1. The Morgan fingerprint density at radius 2 is 1.90 bits per heavy atom. The van der Waals surface area contributed by atoms with E-state index in [9.17, 15) is 15.0 Å². The summed E-state index contributed by atoms with van der Waals surface area (Å²) in [7, 11) is 1.55. The number of carbonyl (C=O) groups is 1. The van der Waals surface area contributed by atoms with Crippen molar-refractivity contribution in [2.45, 2.75) is 32.2 Å². The molecule has 0 saturated heterocycles. The molecule has 8 heteroatoms. The van der Waals surface area contributed by atoms with E-state index >= 15 is 0 Å². The van der Waals surface area contributed by atoms with E-state index < -0.39 is 11.9 Å². The van der Waals surface area contributed by atoms with Gasteiger partial charge in [0, 0.05) is 17.5 Å². The molecule has 0 bridgehead atoms. The van der Waals surface area contributed by atoms with Crippen LogP contribution in [0.5, 0.6) is 17.2 Å². The SMILES string of the molecule is COc1ccc(O)c(C2CC(C(=O)O)C(Cc3cccc(OCCc4nc(-c5ccccc5)oc4C)c3)=CN2)c1. The standard InChI is InChI=1S/C32H32N2O6/c1-20-28(34-31(40-20)22-8-4-3-5-9-22)13-14-39-25-10-6-7-21(16-25)15-23-19-33-29(18-26(23)32(36)37)27-17-24(38-2)11-12-30(27)35/h3-12,16-17,19,26,29,33,35H,13-15,18H2,1-2H3,(H,36,37). The first-order valence-corrected chi connectivity index (χ1v) is 13.2. The number of phenolic OH excluding ortho intramolecular Hbond substituents is 1. The molecule has 2 heterocycles. The second-order valence-electron chi connectivity index (χ2n) is 9.80. The van der Waals surface area contributed by atoms with Crippen LogP contribution in [-0.2, 0) is 17.6 Å². The highest BCUT2D eigenvalue weighted by Crippen LogP contribution is 2.37. The number of aliphatic carboxylic acids is 1. The molecular formula is C32H32N2O6. The summed E-state index contributed by atoms with van der Waals surface area (Å²) in [5, 5.41) is 23.6. The van der Waals surface area contributed by atoms with Crippen molar-refractivity contribution in [1.82, 2.24) is 10.3 Å². The van der Waals surface area contributed by atoms with Gasteiger partial charge in [0.15, 0.2) is 0 Å². The lowest BCUT2D eigenvalue weighted by molar-refractivity contribution is -0.141. The lowest BCUT2D eigenvalue weighted by atomic mass is 9.83. The van der Waals surface area contributed by atoms with Gasteiger partial charge in [0.25, 0.3) is 0 Å². The molecule has 8 nitrogen and oxygen atoms in total. The molecule has 3 aromatic carbocycles. The van der Waals surface area contributed by atoms with Crippen LogP contribution in [0.3, 0.4) is 0 Å². The summed E-state index contributed by atoms with van der Waals surface area (Å²) in [6.07, 6.45) is 3.12. The Kier molecular flexibility index (Phi) is 8.05. The van der Waals surface area contributed by atoms with Crippen LogP contribution in [0.2, 0.25) is 0 Å². The van der Waals surface area contributed by atoms with Crippen LogP contribution in [0.15, 0.2) is 89.0 Å². The van der Waals surface area contributed by atoms with Gasteiger partial charge in [-0.25, -0.2) is 4.98 Å². The van der Waals surface area contributed by atoms with Gasteiger partial charge < -0.3 is 29.4 Å². The molecular weight excluding hydrogens is 508 g/mol. The van der Waals surface area contributed by atoms with Crippen molar-refractivity contribution in [2.24, 2.45) is 5.92 Å². The molecule has 206 valence electrons. The van der Waals surface area contributed by atoms with Gasteiger partial charge in [0.2, 0.25) is 5.89 Å². The number of benzene rings is 3. The van der Waals surface area contributed by atoms with Crippen molar-refractivity contribution >= 4 is 5.97 Å². The Labute approximate surface area is 232 Å². The fourth-order valence-corrected chi connectivity index (χ4v) is 4.96. The van der Waals surface area contributed by atoms with E-state index in [-0.39, 0.29) is 11.8 Å². The number of nitrogens with zero attached hydrogens (tertiary/aromatic N) is 1. The van der Waals surface area contributed by atoms with Gasteiger partial charge in [-0.05, 0) is 79.6 Å². The molecule has 1 aromatic heterocycles. The maximum atomic E-state index is 12.2. The number of carboxylic acid groups (broad SMARTS) is 1. The maximum absolute atomic E-state index is 12.2. The van der Waals surface area contributed by atoms with E-state index in [2.05, 4.69) is 10.3 Å². The molecule has 0 radical (unpaired) electrons. The van der Waals surface area contributed by atoms with Gasteiger partial charge in [-0.2, -0.15) is 0 Å². The highest BCUT2D eigenvalue weighted by atomic mass is 16.5. The number of hydrogen-bond acceptors (Lipinski definition) is 7. The van der Waals surface area contributed by atoms with E-state index in [1.54, 1.807) is 31.5 Å². The van der Waals surface area contributed by atoms with Crippen molar-refractivity contribution in [3.8, 4) is 28.7 Å². The predicted molar refractivity (Wildman–Crippen MR) is 150 cm³/mol. The Hall–Kier alpha value is -4.72. The Morgan fingerprint density at radius 1 is 1.07 bits per heavy atom. The average molecular weight is 541 g/mol. The third kappa shape index (κ3) is 6.12. The summed E-state index contributed by atoms with van der Waals surface area (Å²) >= 11 is 0. The average Bonchev–Trinajstić information content (AvgIpc) is 3.34. The zero-order valence-electron chi connectivity index (χ0n) is 22.5. The molecule has 0 fully saturated rings. The molecule has 2 atom stereocenters. The van der Waals surface area contributed by atoms with Gasteiger partial charge in [0.1, 0.15) is 23.0 Å². The summed E-state index contributed by atoms with van der Waals surface area (Å²) in [6.45, 7) is 2.33. The Bertz CT molecular complexity index is 1510. The number of oxazole rings is 1. The van der Waals surface area contributed by atoms with Crippen LogP contribution in [0.1, 0.15) is 35.0 Å². The largest absolute Gasteiger partial charge is 0.508 e. The zero-order chi connectivity index (χ0) is 28.1. The topological polar surface area (TPSA) is 114 Å². The van der Waals surface area contributed by atoms with Gasteiger partial charge in [-0.15, -0.1) is 0 Å². The predicted octanol–water partition coefficient (Wildman–Crippen LogP) is 5.85. The minimum atomic E-state index is -0.898. The molecule has 2 unspecified atom stereocenters. The molecule has 1 aliphatic heterocycles. The minimum Gasteiger partial charge on any atom is -0.508 e. The lowest BCUT2D eigenvalue weighted by Crippen LogP contribution is -2.31. The number of rotatable bonds is 10. The third-order valence-corrected chi connectivity index (χ3v) is 7.12. The fraction of sp³-hybridized carbons (Fsp3) is 0.250. The van der Waals surface area contributed by atoms with E-state index in [1.165, 1.54) is 0 Å². The summed E-state index contributed by atoms with van der Waals surface area (Å²) < 4.78 is 17.1. The number of phenols is 1. The summed E-state index contributed by atoms with van der Waals surface area (Å²) in [5.74, 6) is 1.18. The number of carboxylic acids is 1. The first-order valence-electron chi connectivity index (χ1n) is 13.2. The second-order valence-corrected chi connectivity index (χ2v) is 9.80. The summed E-state index contributed by atoms with van der Waals surface area (Å²) in [5.41, 5.74) is 4.10. The number of methoxy groups -OCH3 is 1. The number of hydrogen-bond donors (Lipinski definition) is 3. The van der Waals surface area contributed by atoms with E-state index in [4.69, 9.17) is 13.9 Å². The Morgan fingerprint density at radius 3 is 2.67 bits per heavy atom. The fourth-order valence-electron chi connectivity index (χ4n) is 4.96. The van der Waals surface area contributed by atoms with Crippen LogP contribution in [0, 0.1) is 12.8 Å². The van der Waals surface area contributed by atoms with Crippen molar-refractivity contribution in [3.05, 3.63) is 107 Å². The van der Waals surface area contributed by atoms with Crippen molar-refractivity contribution < 1.29 is 28.9 Å². The van der Waals surface area contributed by atoms with Crippen molar-refractivity contribution in [3.63, 3.8) is 0 Å². The normalized spacial score (nSPS) is 16.6. The number of aromatic hydroxyl groups is 1. The van der Waals surface area contributed by atoms with Crippen LogP contribution in [0.25, 0.3) is 11.5 Å². The maximum Gasteiger partial charge on any atom is 0.310 e. The van der Waals surface area contributed by atoms with E-state index in [0.717, 1.165) is 28.2 Å². The first kappa shape index (κ1) is 26.9. The van der Waals surface area contributed by atoms with Crippen LogP contribution >= 0.6 is 0 Å². The number of aromatic nitrogens is 1. The minimum absolute atomic E-state index is 0.0984. The molecule has 0 saturated carbocycles. The van der Waals surface area contributed by atoms with Crippen LogP contribution < -0.4 is 14.8 Å². The molecule has 0 amide bonds. The van der Waals surface area contributed by atoms with Gasteiger partial charge >= 0.3 is 5.97 Å². The lowest BCUT2D eigenvalue weighted by Gasteiger charge is -2.30. The van der Waals surface area contributed by atoms with Crippen LogP contribution in [0.4, 0.5) is 0 Å². The molecule has 0 aliphatic carbocycles. The van der Waals surface area contributed by atoms with Gasteiger partial charge in [-0.1, -0.05) is 30.3 Å². The Balaban J connectivity index is 1.23.